The van der Waals surface area contributed by atoms with Crippen LogP contribution in [0.5, 0.6) is 0 Å². The number of pyridine rings is 2. The zero-order valence-electron chi connectivity index (χ0n) is 26.8. The third-order valence-corrected chi connectivity index (χ3v) is 9.67. The number of likely N-dealkylation sites (tertiary alicyclic amines) is 2. The molecular weight excluding hydrogens is 583 g/mol. The summed E-state index contributed by atoms with van der Waals surface area (Å²) in [6.45, 7) is 6.98. The molecule has 0 bridgehead atoms. The van der Waals surface area contributed by atoms with Crippen LogP contribution in [0.1, 0.15) is 79.9 Å². The number of nitrogens with zero attached hydrogens (tertiary/aromatic N) is 4. The van der Waals surface area contributed by atoms with Crippen molar-refractivity contribution in [2.75, 3.05) is 39.1 Å². The summed E-state index contributed by atoms with van der Waals surface area (Å²) in [7, 11) is 5.39. The molecule has 11 heteroatoms. The predicted molar refractivity (Wildman–Crippen MR) is 170 cm³/mol. The summed E-state index contributed by atoms with van der Waals surface area (Å²) in [5.41, 5.74) is 0.836. The summed E-state index contributed by atoms with van der Waals surface area (Å²) in [5, 5.41) is 3.90. The zero-order chi connectivity index (χ0) is 32.6. The van der Waals surface area contributed by atoms with Crippen LogP contribution in [0.3, 0.4) is 0 Å². The standard InChI is InChI=1S/C34H42F3N5O3/c1-20(24-10-7-11-26(29(24)35)31(36)37)38-32-27-19-28(34(45-6)14-17-42(18-15-34)22(3)43)33(44)41(5)30(27)25(21(2)39-32)13-12-23-9-8-16-40(23)4/h7,10-13,19-20,23,31H,8-9,14-18H2,1-6H3,(H,38,39)/b13-12-/t20-,23+/m1/s1. The number of benzene rings is 1. The van der Waals surface area contributed by atoms with Crippen LogP contribution >= 0.6 is 0 Å². The fraction of sp³-hybridized carbons (Fsp3) is 0.500. The van der Waals surface area contributed by atoms with Gasteiger partial charge in [-0.05, 0) is 59.2 Å². The first-order chi connectivity index (χ1) is 21.4. The van der Waals surface area contributed by atoms with E-state index in [1.807, 2.05) is 13.0 Å². The lowest BCUT2D eigenvalue weighted by Gasteiger charge is -2.40. The van der Waals surface area contributed by atoms with Gasteiger partial charge < -0.3 is 19.5 Å². The molecular formula is C34H42F3N5O3. The summed E-state index contributed by atoms with van der Waals surface area (Å²) in [4.78, 5) is 35.1. The molecule has 4 heterocycles. The van der Waals surface area contributed by atoms with Gasteiger partial charge in [0.05, 0.1) is 22.7 Å². The van der Waals surface area contributed by atoms with Crippen molar-refractivity contribution >= 4 is 28.7 Å². The molecule has 2 aromatic heterocycles. The number of hydrogen-bond acceptors (Lipinski definition) is 6. The molecule has 8 nitrogen and oxygen atoms in total. The minimum atomic E-state index is -2.94. The second kappa shape index (κ2) is 13.0. The van der Waals surface area contributed by atoms with Crippen molar-refractivity contribution in [3.8, 4) is 0 Å². The molecule has 0 saturated carbocycles. The summed E-state index contributed by atoms with van der Waals surface area (Å²) >= 11 is 0. The van der Waals surface area contributed by atoms with Gasteiger partial charge in [-0.2, -0.15) is 0 Å². The van der Waals surface area contributed by atoms with Crippen molar-refractivity contribution in [3.63, 3.8) is 0 Å². The van der Waals surface area contributed by atoms with Crippen LogP contribution in [0.2, 0.25) is 0 Å². The van der Waals surface area contributed by atoms with Crippen molar-refractivity contribution in [2.24, 2.45) is 7.05 Å². The van der Waals surface area contributed by atoms with Gasteiger partial charge in [0.25, 0.3) is 12.0 Å². The summed E-state index contributed by atoms with van der Waals surface area (Å²) in [5.74, 6) is -0.590. The van der Waals surface area contributed by atoms with Gasteiger partial charge in [0.15, 0.2) is 0 Å². The predicted octanol–water partition coefficient (Wildman–Crippen LogP) is 6.08. The highest BCUT2D eigenvalue weighted by Gasteiger charge is 2.40. The number of alkyl halides is 2. The highest BCUT2D eigenvalue weighted by atomic mass is 19.3. The van der Waals surface area contributed by atoms with Gasteiger partial charge in [-0.1, -0.05) is 30.4 Å². The van der Waals surface area contributed by atoms with Crippen LogP contribution in [0, 0.1) is 12.7 Å². The Balaban J connectivity index is 1.68. The second-order valence-corrected chi connectivity index (χ2v) is 12.3. The van der Waals surface area contributed by atoms with Crippen molar-refractivity contribution in [3.05, 3.63) is 74.5 Å². The van der Waals surface area contributed by atoms with E-state index >= 15 is 4.39 Å². The Kier molecular flexibility index (Phi) is 9.41. The second-order valence-electron chi connectivity index (χ2n) is 12.3. The fourth-order valence-corrected chi connectivity index (χ4v) is 6.85. The van der Waals surface area contributed by atoms with Crippen LogP contribution in [0.15, 0.2) is 35.1 Å². The van der Waals surface area contributed by atoms with Gasteiger partial charge in [-0.15, -0.1) is 0 Å². The number of hydrogen-bond donors (Lipinski definition) is 1. The first kappa shape index (κ1) is 32.7. The van der Waals surface area contributed by atoms with Crippen molar-refractivity contribution in [1.29, 1.82) is 0 Å². The van der Waals surface area contributed by atoms with E-state index in [1.165, 1.54) is 19.1 Å². The lowest BCUT2D eigenvalue weighted by molar-refractivity contribution is -0.135. The number of ether oxygens (including phenoxy) is 1. The zero-order valence-corrected chi connectivity index (χ0v) is 26.8. The minimum absolute atomic E-state index is 0.0289. The number of aryl methyl sites for hydroxylation is 2. The number of amides is 1. The summed E-state index contributed by atoms with van der Waals surface area (Å²) < 4.78 is 49.9. The van der Waals surface area contributed by atoms with Crippen LogP contribution in [0.25, 0.3) is 17.0 Å². The van der Waals surface area contributed by atoms with Gasteiger partial charge in [-0.3, -0.25) is 14.5 Å². The maximum atomic E-state index is 15.2. The van der Waals surface area contributed by atoms with E-state index in [-0.39, 0.29) is 23.1 Å². The first-order valence-electron chi connectivity index (χ1n) is 15.5. The molecule has 5 rings (SSSR count). The van der Waals surface area contributed by atoms with Crippen molar-refractivity contribution in [2.45, 2.75) is 70.6 Å². The monoisotopic (exact) mass is 625 g/mol. The van der Waals surface area contributed by atoms with Gasteiger partial charge >= 0.3 is 0 Å². The molecule has 3 aromatic rings. The third-order valence-electron chi connectivity index (χ3n) is 9.67. The van der Waals surface area contributed by atoms with Gasteiger partial charge in [0.2, 0.25) is 5.91 Å². The molecule has 2 aliphatic heterocycles. The number of likely N-dealkylation sites (N-methyl/N-ethyl adjacent to an activating group) is 1. The number of piperidine rings is 1. The maximum Gasteiger partial charge on any atom is 0.266 e. The lowest BCUT2D eigenvalue weighted by Crippen LogP contribution is -2.48. The van der Waals surface area contributed by atoms with Gasteiger partial charge in [0.1, 0.15) is 17.2 Å². The molecule has 2 atom stereocenters. The Bertz CT molecular complexity index is 1680. The Morgan fingerprint density at radius 2 is 1.87 bits per heavy atom. The summed E-state index contributed by atoms with van der Waals surface area (Å²) in [6.07, 6.45) is 4.24. The Morgan fingerprint density at radius 3 is 2.47 bits per heavy atom. The van der Waals surface area contributed by atoms with E-state index in [0.29, 0.717) is 53.9 Å². The SMILES string of the molecule is COC1(c2cc3c(N[C@H](C)c4cccc(C(F)F)c4F)nc(C)c(/C=C\[C@@H]4CCCN4C)c3n(C)c2=O)CCN(C(C)=O)CC1. The molecule has 2 aliphatic rings. The molecule has 0 unspecified atom stereocenters. The first-order valence-corrected chi connectivity index (χ1v) is 15.5. The number of rotatable bonds is 8. The van der Waals surface area contributed by atoms with Crippen molar-refractivity contribution < 1.29 is 22.7 Å². The Morgan fingerprint density at radius 1 is 1.18 bits per heavy atom. The number of anilines is 1. The minimum Gasteiger partial charge on any atom is -0.373 e. The molecule has 0 radical (unpaired) electrons. The number of aromatic nitrogens is 2. The van der Waals surface area contributed by atoms with Gasteiger partial charge in [0, 0.05) is 62.4 Å². The molecule has 1 N–H and O–H groups in total. The normalized spacial score (nSPS) is 19.6. The number of fused-ring (bicyclic) bond motifs is 1. The number of carbonyl (C=O) groups excluding carboxylic acids is 1. The van der Waals surface area contributed by atoms with E-state index in [1.54, 1.807) is 36.6 Å². The van der Waals surface area contributed by atoms with Crippen molar-refractivity contribution in [1.82, 2.24) is 19.4 Å². The van der Waals surface area contributed by atoms with E-state index in [4.69, 9.17) is 9.72 Å². The lowest BCUT2D eigenvalue weighted by atomic mass is 9.84. The average Bonchev–Trinajstić information content (AvgIpc) is 3.42. The molecule has 0 aliphatic carbocycles. The number of halogens is 3. The smallest absolute Gasteiger partial charge is 0.266 e. The molecule has 0 spiro atoms. The Labute approximate surface area is 261 Å². The highest BCUT2D eigenvalue weighted by Crippen LogP contribution is 2.39. The van der Waals surface area contributed by atoms with Crippen LogP contribution in [-0.4, -0.2) is 65.1 Å². The van der Waals surface area contributed by atoms with E-state index < -0.39 is 29.4 Å². The van der Waals surface area contributed by atoms with E-state index in [2.05, 4.69) is 23.3 Å². The van der Waals surface area contributed by atoms with E-state index in [0.717, 1.165) is 31.0 Å². The average molecular weight is 626 g/mol. The molecule has 1 amide bonds. The largest absolute Gasteiger partial charge is 0.373 e. The molecule has 2 saturated heterocycles. The third kappa shape index (κ3) is 6.12. The molecule has 2 fully saturated rings. The Hall–Kier alpha value is -3.70. The molecule has 45 heavy (non-hydrogen) atoms. The number of methoxy groups -OCH3 is 1. The molecule has 1 aromatic carbocycles. The van der Waals surface area contributed by atoms with Gasteiger partial charge in [-0.25, -0.2) is 18.2 Å². The molecule has 242 valence electrons. The van der Waals surface area contributed by atoms with Crippen LogP contribution < -0.4 is 10.9 Å². The number of carbonyl (C=O) groups is 1. The van der Waals surface area contributed by atoms with Crippen LogP contribution in [0.4, 0.5) is 19.0 Å². The quantitative estimate of drug-likeness (QED) is 0.327. The topological polar surface area (TPSA) is 79.7 Å². The summed E-state index contributed by atoms with van der Waals surface area (Å²) in [6, 6.07) is 5.33. The highest BCUT2D eigenvalue weighted by molar-refractivity contribution is 5.96. The maximum absolute atomic E-state index is 15.2. The van der Waals surface area contributed by atoms with E-state index in [9.17, 15) is 18.4 Å². The van der Waals surface area contributed by atoms with Crippen LogP contribution in [-0.2, 0) is 22.2 Å². The number of nitrogens with one attached hydrogen (secondary N) is 1. The fourth-order valence-electron chi connectivity index (χ4n) is 6.85.